The zero-order chi connectivity index (χ0) is 14.4. The smallest absolute Gasteiger partial charge is 0.0165 e. The van der Waals surface area contributed by atoms with Crippen molar-refractivity contribution >= 4 is 48.0 Å². The zero-order valence-corrected chi connectivity index (χ0v) is 17.9. The van der Waals surface area contributed by atoms with Crippen LogP contribution in [0.4, 0.5) is 0 Å². The Bertz CT molecular complexity index is 820. The molecule has 0 fully saturated rings. The van der Waals surface area contributed by atoms with E-state index in [1.165, 1.54) is 33.4 Å². The first-order valence-corrected chi connectivity index (χ1v) is 7.48. The summed E-state index contributed by atoms with van der Waals surface area (Å²) in [5.41, 5.74) is 8.37. The van der Waals surface area contributed by atoms with Gasteiger partial charge in [-0.2, -0.15) is 0 Å². The summed E-state index contributed by atoms with van der Waals surface area (Å²) in [5.74, 6) is 0. The lowest BCUT2D eigenvalue weighted by Crippen LogP contribution is -2.16. The highest BCUT2D eigenvalue weighted by molar-refractivity contribution is 14.0. The van der Waals surface area contributed by atoms with Gasteiger partial charge in [-0.3, -0.25) is 0 Å². The summed E-state index contributed by atoms with van der Waals surface area (Å²) in [6.45, 7) is 4.67. The molecule has 0 nitrogen and oxygen atoms in total. The van der Waals surface area contributed by atoms with Gasteiger partial charge in [-0.1, -0.05) is 86.6 Å². The van der Waals surface area contributed by atoms with Gasteiger partial charge in [-0.25, -0.2) is 0 Å². The minimum absolute atomic E-state index is 0. The van der Waals surface area contributed by atoms with Gasteiger partial charge in [-0.15, -0.1) is 48.0 Å². The van der Waals surface area contributed by atoms with Gasteiger partial charge in [0.25, 0.3) is 0 Å². The van der Waals surface area contributed by atoms with Gasteiger partial charge in [-0.05, 0) is 33.4 Å². The molecule has 0 saturated carbocycles. The minimum Gasteiger partial charge on any atom is -0.107 e. The quantitative estimate of drug-likeness (QED) is 0.303. The van der Waals surface area contributed by atoms with E-state index in [1.54, 1.807) is 0 Å². The van der Waals surface area contributed by atoms with Gasteiger partial charge in [0.2, 0.25) is 0 Å². The Morgan fingerprint density at radius 1 is 0.565 bits per heavy atom. The summed E-state index contributed by atoms with van der Waals surface area (Å²) in [7, 11) is 0. The average Bonchev–Trinajstić information content (AvgIpc) is 2.77. The summed E-state index contributed by atoms with van der Waals surface area (Å²) in [6.07, 6.45) is 0. The summed E-state index contributed by atoms with van der Waals surface area (Å²) < 4.78 is 0. The Morgan fingerprint density at radius 3 is 1.87 bits per heavy atom. The van der Waals surface area contributed by atoms with Crippen LogP contribution in [0.5, 0.6) is 0 Å². The van der Waals surface area contributed by atoms with Crippen LogP contribution in [-0.2, 0) is 5.41 Å². The van der Waals surface area contributed by atoms with Crippen LogP contribution >= 0.6 is 48.0 Å². The van der Waals surface area contributed by atoms with Crippen molar-refractivity contribution < 1.29 is 0 Å². The number of fused-ring (bicyclic) bond motifs is 3. The van der Waals surface area contributed by atoms with Crippen molar-refractivity contribution in [1.82, 2.24) is 0 Å². The molecular formula is C21H20I2. The number of benzene rings is 3. The molecule has 4 rings (SSSR count). The first-order chi connectivity index (χ1) is 10.2. The third-order valence-corrected chi connectivity index (χ3v) is 4.66. The fourth-order valence-electron chi connectivity index (χ4n) is 3.71. The van der Waals surface area contributed by atoms with E-state index in [1.807, 2.05) is 0 Å². The highest BCUT2D eigenvalue weighted by Crippen LogP contribution is 2.51. The summed E-state index contributed by atoms with van der Waals surface area (Å²) >= 11 is 0. The van der Waals surface area contributed by atoms with Crippen molar-refractivity contribution in [1.29, 1.82) is 0 Å². The van der Waals surface area contributed by atoms with Crippen molar-refractivity contribution in [3.8, 4) is 22.3 Å². The van der Waals surface area contributed by atoms with E-state index >= 15 is 0 Å². The first kappa shape index (κ1) is 18.5. The van der Waals surface area contributed by atoms with Crippen LogP contribution < -0.4 is 0 Å². The SMILES string of the molecule is CC1(C)c2ccccc2-c2cccc(-c3ccccc3)c21.I.I. The second-order valence-corrected chi connectivity index (χ2v) is 6.26. The molecule has 0 heterocycles. The van der Waals surface area contributed by atoms with Gasteiger partial charge >= 0.3 is 0 Å². The van der Waals surface area contributed by atoms with Gasteiger partial charge in [0.05, 0.1) is 0 Å². The second kappa shape index (κ2) is 6.93. The van der Waals surface area contributed by atoms with Crippen molar-refractivity contribution in [2.45, 2.75) is 19.3 Å². The fraction of sp³-hybridized carbons (Fsp3) is 0.143. The van der Waals surface area contributed by atoms with Gasteiger partial charge in [0.15, 0.2) is 0 Å². The maximum absolute atomic E-state index is 2.34. The van der Waals surface area contributed by atoms with Crippen molar-refractivity contribution in [3.05, 3.63) is 83.9 Å². The molecule has 23 heavy (non-hydrogen) atoms. The topological polar surface area (TPSA) is 0 Å². The Kier molecular flexibility index (Phi) is 5.56. The van der Waals surface area contributed by atoms with E-state index in [2.05, 4.69) is 86.6 Å². The molecule has 0 amide bonds. The third-order valence-electron chi connectivity index (χ3n) is 4.66. The lowest BCUT2D eigenvalue weighted by atomic mass is 9.79. The normalized spacial score (nSPS) is 13.3. The average molecular weight is 526 g/mol. The largest absolute Gasteiger partial charge is 0.107 e. The monoisotopic (exact) mass is 526 g/mol. The van der Waals surface area contributed by atoms with E-state index < -0.39 is 0 Å². The second-order valence-electron chi connectivity index (χ2n) is 6.26. The molecule has 0 saturated heterocycles. The molecule has 0 N–H and O–H groups in total. The Balaban J connectivity index is 0.000000960. The van der Waals surface area contributed by atoms with E-state index in [-0.39, 0.29) is 53.4 Å². The predicted octanol–water partition coefficient (Wildman–Crippen LogP) is 6.90. The highest BCUT2D eigenvalue weighted by atomic mass is 127. The highest BCUT2D eigenvalue weighted by Gasteiger charge is 2.36. The molecule has 0 unspecified atom stereocenters. The number of rotatable bonds is 1. The number of halogens is 2. The van der Waals surface area contributed by atoms with Crippen LogP contribution in [0, 0.1) is 0 Å². The van der Waals surface area contributed by atoms with E-state index in [9.17, 15) is 0 Å². The molecule has 0 bridgehead atoms. The molecule has 0 spiro atoms. The molecule has 3 aromatic carbocycles. The van der Waals surface area contributed by atoms with Gasteiger partial charge < -0.3 is 0 Å². The molecule has 0 atom stereocenters. The van der Waals surface area contributed by atoms with Crippen LogP contribution in [0.3, 0.4) is 0 Å². The van der Waals surface area contributed by atoms with Crippen molar-refractivity contribution in [2.75, 3.05) is 0 Å². The lowest BCUT2D eigenvalue weighted by molar-refractivity contribution is 0.662. The van der Waals surface area contributed by atoms with E-state index in [4.69, 9.17) is 0 Å². The molecule has 2 heteroatoms. The Morgan fingerprint density at radius 2 is 1.13 bits per heavy atom. The van der Waals surface area contributed by atoms with Crippen LogP contribution in [0.25, 0.3) is 22.3 Å². The van der Waals surface area contributed by atoms with Crippen molar-refractivity contribution in [3.63, 3.8) is 0 Å². The predicted molar refractivity (Wildman–Crippen MR) is 120 cm³/mol. The van der Waals surface area contributed by atoms with Gasteiger partial charge in [0, 0.05) is 5.41 Å². The maximum atomic E-state index is 2.34. The summed E-state index contributed by atoms with van der Waals surface area (Å²) in [4.78, 5) is 0. The molecule has 0 aromatic heterocycles. The molecule has 1 aliphatic rings. The maximum Gasteiger partial charge on any atom is 0.0165 e. The molecule has 118 valence electrons. The molecule has 0 aliphatic heterocycles. The number of hydrogen-bond acceptors (Lipinski definition) is 0. The minimum atomic E-state index is 0. The molecule has 1 aliphatic carbocycles. The van der Waals surface area contributed by atoms with Crippen LogP contribution in [0.1, 0.15) is 25.0 Å². The van der Waals surface area contributed by atoms with E-state index in [0.29, 0.717) is 0 Å². The van der Waals surface area contributed by atoms with Gasteiger partial charge in [0.1, 0.15) is 0 Å². The standard InChI is InChI=1S/C21H18.2HI/c1-21(2)19-14-7-6-11-17(19)18-13-8-12-16(20(18)21)15-9-4-3-5-10-15;;/h3-14H,1-2H3;2*1H. The molecule has 3 aromatic rings. The van der Waals surface area contributed by atoms with Crippen molar-refractivity contribution in [2.24, 2.45) is 0 Å². The fourth-order valence-corrected chi connectivity index (χ4v) is 3.71. The summed E-state index contributed by atoms with van der Waals surface area (Å²) in [6, 6.07) is 26.2. The molecular weight excluding hydrogens is 506 g/mol. The van der Waals surface area contributed by atoms with Crippen LogP contribution in [0.2, 0.25) is 0 Å². The molecule has 0 radical (unpaired) electrons. The zero-order valence-electron chi connectivity index (χ0n) is 13.2. The third kappa shape index (κ3) is 2.84. The summed E-state index contributed by atoms with van der Waals surface area (Å²) in [5, 5.41) is 0. The van der Waals surface area contributed by atoms with Crippen LogP contribution in [0.15, 0.2) is 72.8 Å². The first-order valence-electron chi connectivity index (χ1n) is 7.48. The van der Waals surface area contributed by atoms with Crippen LogP contribution in [-0.4, -0.2) is 0 Å². The Hall–Kier alpha value is -0.880. The Labute approximate surface area is 172 Å². The van der Waals surface area contributed by atoms with E-state index in [0.717, 1.165) is 0 Å². The number of hydrogen-bond donors (Lipinski definition) is 0. The lowest BCUT2D eigenvalue weighted by Gasteiger charge is -2.24.